The van der Waals surface area contributed by atoms with Crippen molar-refractivity contribution in [3.05, 3.63) is 23.8 Å². The molecule has 0 bridgehead atoms. The predicted molar refractivity (Wildman–Crippen MR) is 63.7 cm³/mol. The number of benzene rings is 1. The monoisotopic (exact) mass is 218 g/mol. The van der Waals surface area contributed by atoms with E-state index in [4.69, 9.17) is 11.0 Å². The van der Waals surface area contributed by atoms with Crippen molar-refractivity contribution < 1.29 is 0 Å². The molecule has 1 fully saturated rings. The quantitative estimate of drug-likeness (QED) is 0.776. The van der Waals surface area contributed by atoms with Gasteiger partial charge in [0.25, 0.3) is 0 Å². The average molecular weight is 218 g/mol. The van der Waals surface area contributed by atoms with Crippen LogP contribution in [0.5, 0.6) is 0 Å². The highest BCUT2D eigenvalue weighted by atomic mass is 32.2. The number of thioether (sulfide) groups is 1. The molecule has 1 saturated carbocycles. The van der Waals surface area contributed by atoms with E-state index in [1.165, 1.54) is 25.7 Å². The molecular weight excluding hydrogens is 204 g/mol. The molecular formula is C12H14N2S. The van der Waals surface area contributed by atoms with Gasteiger partial charge in [-0.1, -0.05) is 12.8 Å². The van der Waals surface area contributed by atoms with Crippen LogP contribution in [0.15, 0.2) is 23.1 Å². The second-order valence-corrected chi connectivity index (χ2v) is 5.23. The molecule has 0 saturated heterocycles. The fourth-order valence-corrected chi connectivity index (χ4v) is 3.23. The standard InChI is InChI=1S/C12H14N2S/c13-8-9-7-10(14)5-6-12(9)15-11-3-1-2-4-11/h5-7,11H,1-4,14H2. The van der Waals surface area contributed by atoms with Crippen LogP contribution in [0.2, 0.25) is 0 Å². The molecule has 0 radical (unpaired) electrons. The van der Waals surface area contributed by atoms with Gasteiger partial charge in [-0.25, -0.2) is 0 Å². The van der Waals surface area contributed by atoms with E-state index in [0.717, 1.165) is 4.90 Å². The summed E-state index contributed by atoms with van der Waals surface area (Å²) in [5.41, 5.74) is 7.03. The molecule has 1 aromatic carbocycles. The summed E-state index contributed by atoms with van der Waals surface area (Å²) >= 11 is 1.83. The van der Waals surface area contributed by atoms with Crippen molar-refractivity contribution in [2.75, 3.05) is 5.73 Å². The van der Waals surface area contributed by atoms with E-state index >= 15 is 0 Å². The number of anilines is 1. The summed E-state index contributed by atoms with van der Waals surface area (Å²) < 4.78 is 0. The Labute approximate surface area is 94.5 Å². The highest BCUT2D eigenvalue weighted by Crippen LogP contribution is 2.36. The summed E-state index contributed by atoms with van der Waals surface area (Å²) in [5, 5.41) is 9.69. The van der Waals surface area contributed by atoms with Crippen molar-refractivity contribution in [3.8, 4) is 6.07 Å². The summed E-state index contributed by atoms with van der Waals surface area (Å²) in [6, 6.07) is 7.81. The molecule has 0 heterocycles. The first-order valence-corrected chi connectivity index (χ1v) is 6.14. The normalized spacial score (nSPS) is 16.5. The highest BCUT2D eigenvalue weighted by molar-refractivity contribution is 8.00. The number of hydrogen-bond donors (Lipinski definition) is 1. The summed E-state index contributed by atoms with van der Waals surface area (Å²) in [6.45, 7) is 0. The van der Waals surface area contributed by atoms with Crippen molar-refractivity contribution in [2.24, 2.45) is 0 Å². The fraction of sp³-hybridized carbons (Fsp3) is 0.417. The average Bonchev–Trinajstić information content (AvgIpc) is 2.73. The van der Waals surface area contributed by atoms with Gasteiger partial charge in [-0.05, 0) is 31.0 Å². The molecule has 2 rings (SSSR count). The van der Waals surface area contributed by atoms with Gasteiger partial charge in [-0.3, -0.25) is 0 Å². The van der Waals surface area contributed by atoms with Crippen molar-refractivity contribution in [1.29, 1.82) is 5.26 Å². The maximum Gasteiger partial charge on any atom is 0.100 e. The van der Waals surface area contributed by atoms with E-state index < -0.39 is 0 Å². The Hall–Kier alpha value is -1.14. The second-order valence-electron chi connectivity index (χ2n) is 3.89. The lowest BCUT2D eigenvalue weighted by molar-refractivity contribution is 0.886. The number of nitriles is 1. The zero-order valence-electron chi connectivity index (χ0n) is 8.57. The van der Waals surface area contributed by atoms with Gasteiger partial charge in [0.1, 0.15) is 6.07 Å². The first-order chi connectivity index (χ1) is 7.29. The molecule has 15 heavy (non-hydrogen) atoms. The van der Waals surface area contributed by atoms with Gasteiger partial charge >= 0.3 is 0 Å². The van der Waals surface area contributed by atoms with Gasteiger partial charge in [0, 0.05) is 15.8 Å². The highest BCUT2D eigenvalue weighted by Gasteiger charge is 2.17. The third-order valence-corrected chi connectivity index (χ3v) is 4.13. The van der Waals surface area contributed by atoms with E-state index in [1.807, 2.05) is 23.9 Å². The Kier molecular flexibility index (Phi) is 3.17. The maximum absolute atomic E-state index is 9.00. The van der Waals surface area contributed by atoms with Crippen LogP contribution in [-0.4, -0.2) is 5.25 Å². The molecule has 1 aliphatic rings. The summed E-state index contributed by atoms with van der Waals surface area (Å²) in [5.74, 6) is 0. The van der Waals surface area contributed by atoms with Gasteiger partial charge < -0.3 is 5.73 Å². The van der Waals surface area contributed by atoms with Gasteiger partial charge in [-0.15, -0.1) is 11.8 Å². The van der Waals surface area contributed by atoms with E-state index in [9.17, 15) is 0 Å². The first kappa shape index (κ1) is 10.4. The minimum atomic E-state index is 0.669. The molecule has 0 unspecified atom stereocenters. The molecule has 0 aromatic heterocycles. The summed E-state index contributed by atoms with van der Waals surface area (Å²) in [7, 11) is 0. The van der Waals surface area contributed by atoms with E-state index in [1.54, 1.807) is 6.07 Å². The molecule has 3 heteroatoms. The minimum absolute atomic E-state index is 0.669. The first-order valence-electron chi connectivity index (χ1n) is 5.26. The van der Waals surface area contributed by atoms with Crippen molar-refractivity contribution >= 4 is 17.4 Å². The minimum Gasteiger partial charge on any atom is -0.399 e. The lowest BCUT2D eigenvalue weighted by atomic mass is 10.2. The predicted octanol–water partition coefficient (Wildman–Crippen LogP) is 3.18. The maximum atomic E-state index is 9.00. The van der Waals surface area contributed by atoms with Gasteiger partial charge in [-0.2, -0.15) is 5.26 Å². The number of nitrogen functional groups attached to an aromatic ring is 1. The Morgan fingerprint density at radius 2 is 2.07 bits per heavy atom. The molecule has 78 valence electrons. The van der Waals surface area contributed by atoms with E-state index in [-0.39, 0.29) is 0 Å². The Balaban J connectivity index is 2.16. The molecule has 2 nitrogen and oxygen atoms in total. The second kappa shape index (κ2) is 4.59. The smallest absolute Gasteiger partial charge is 0.100 e. The van der Waals surface area contributed by atoms with Crippen LogP contribution >= 0.6 is 11.8 Å². The molecule has 2 N–H and O–H groups in total. The molecule has 0 atom stereocenters. The van der Waals surface area contributed by atoms with Crippen LogP contribution in [-0.2, 0) is 0 Å². The van der Waals surface area contributed by atoms with Crippen molar-refractivity contribution in [2.45, 2.75) is 35.8 Å². The number of rotatable bonds is 2. The summed E-state index contributed by atoms with van der Waals surface area (Å²) in [4.78, 5) is 1.08. The lowest BCUT2D eigenvalue weighted by Crippen LogP contribution is -1.95. The fourth-order valence-electron chi connectivity index (χ4n) is 1.92. The van der Waals surface area contributed by atoms with Crippen LogP contribution < -0.4 is 5.73 Å². The molecule has 0 amide bonds. The largest absolute Gasteiger partial charge is 0.399 e. The number of hydrogen-bond acceptors (Lipinski definition) is 3. The van der Waals surface area contributed by atoms with Crippen molar-refractivity contribution in [1.82, 2.24) is 0 Å². The zero-order valence-corrected chi connectivity index (χ0v) is 9.39. The van der Waals surface area contributed by atoms with E-state index in [0.29, 0.717) is 16.5 Å². The Bertz CT molecular complexity index is 389. The van der Waals surface area contributed by atoms with Gasteiger partial charge in [0.05, 0.1) is 5.56 Å². The van der Waals surface area contributed by atoms with E-state index in [2.05, 4.69) is 6.07 Å². The molecule has 0 aliphatic heterocycles. The zero-order chi connectivity index (χ0) is 10.7. The number of nitrogens with zero attached hydrogens (tertiary/aromatic N) is 1. The molecule has 1 aliphatic carbocycles. The topological polar surface area (TPSA) is 49.8 Å². The van der Waals surface area contributed by atoms with Crippen LogP contribution in [0, 0.1) is 11.3 Å². The van der Waals surface area contributed by atoms with Crippen LogP contribution in [0.25, 0.3) is 0 Å². The third-order valence-electron chi connectivity index (χ3n) is 2.72. The third kappa shape index (κ3) is 2.45. The number of nitrogens with two attached hydrogens (primary N) is 1. The summed E-state index contributed by atoms with van der Waals surface area (Å²) in [6.07, 6.45) is 5.21. The Morgan fingerprint density at radius 1 is 1.33 bits per heavy atom. The van der Waals surface area contributed by atoms with Gasteiger partial charge in [0.15, 0.2) is 0 Å². The lowest BCUT2D eigenvalue weighted by Gasteiger charge is -2.10. The SMILES string of the molecule is N#Cc1cc(N)ccc1SC1CCCC1. The Morgan fingerprint density at radius 3 is 2.73 bits per heavy atom. The van der Waals surface area contributed by atoms with Crippen molar-refractivity contribution in [3.63, 3.8) is 0 Å². The molecule has 0 spiro atoms. The van der Waals surface area contributed by atoms with Crippen LogP contribution in [0.4, 0.5) is 5.69 Å². The molecule has 1 aromatic rings. The van der Waals surface area contributed by atoms with Gasteiger partial charge in [0.2, 0.25) is 0 Å². The van der Waals surface area contributed by atoms with Crippen LogP contribution in [0.1, 0.15) is 31.2 Å². The van der Waals surface area contributed by atoms with Crippen LogP contribution in [0.3, 0.4) is 0 Å².